The highest BCUT2D eigenvalue weighted by Crippen LogP contribution is 2.34. The van der Waals surface area contributed by atoms with Crippen molar-refractivity contribution in [1.82, 2.24) is 9.80 Å². The highest BCUT2D eigenvalue weighted by molar-refractivity contribution is 6.35. The van der Waals surface area contributed by atoms with Gasteiger partial charge in [0.15, 0.2) is 0 Å². The predicted octanol–water partition coefficient (Wildman–Crippen LogP) is 2.86. The van der Waals surface area contributed by atoms with Crippen LogP contribution in [0.25, 0.3) is 5.57 Å². The number of halogens is 1. The zero-order valence-corrected chi connectivity index (χ0v) is 16.7. The number of non-ortho nitro benzene ring substituents is 1. The van der Waals surface area contributed by atoms with E-state index in [2.05, 4.69) is 0 Å². The van der Waals surface area contributed by atoms with Crippen molar-refractivity contribution >= 4 is 34.7 Å². The zero-order chi connectivity index (χ0) is 21.3. The third-order valence-corrected chi connectivity index (χ3v) is 5.49. The summed E-state index contributed by atoms with van der Waals surface area (Å²) in [5, 5.41) is 11.4. The molecule has 9 heteroatoms. The fourth-order valence-electron chi connectivity index (χ4n) is 3.59. The van der Waals surface area contributed by atoms with E-state index in [0.29, 0.717) is 48.1 Å². The Morgan fingerprint density at radius 2 is 1.67 bits per heavy atom. The molecule has 2 amide bonds. The summed E-state index contributed by atoms with van der Waals surface area (Å²) in [4.78, 5) is 40.1. The summed E-state index contributed by atoms with van der Waals surface area (Å²) in [6.07, 6.45) is 0. The second-order valence-corrected chi connectivity index (χ2v) is 7.32. The molecule has 2 aliphatic rings. The molecule has 0 aliphatic carbocycles. The Morgan fingerprint density at radius 3 is 2.30 bits per heavy atom. The van der Waals surface area contributed by atoms with Crippen LogP contribution >= 0.6 is 11.6 Å². The van der Waals surface area contributed by atoms with E-state index < -0.39 is 16.7 Å². The van der Waals surface area contributed by atoms with Crippen LogP contribution in [-0.2, 0) is 20.9 Å². The van der Waals surface area contributed by atoms with Gasteiger partial charge in [0, 0.05) is 30.2 Å². The number of imide groups is 1. The van der Waals surface area contributed by atoms with E-state index in [1.54, 1.807) is 24.3 Å². The smallest absolute Gasteiger partial charge is 0.278 e. The van der Waals surface area contributed by atoms with Gasteiger partial charge in [0.1, 0.15) is 5.70 Å². The predicted molar refractivity (Wildman–Crippen MR) is 109 cm³/mol. The average molecular weight is 428 g/mol. The maximum Gasteiger partial charge on any atom is 0.278 e. The van der Waals surface area contributed by atoms with Crippen molar-refractivity contribution < 1.29 is 19.2 Å². The Labute approximate surface area is 177 Å². The van der Waals surface area contributed by atoms with Gasteiger partial charge >= 0.3 is 0 Å². The SMILES string of the molecule is O=C1C(c2ccc([N+](=O)[O-])cc2)=C(N2CCOCC2)C(=O)N1Cc1ccccc1Cl. The number of rotatable bonds is 5. The van der Waals surface area contributed by atoms with E-state index in [1.807, 2.05) is 4.90 Å². The van der Waals surface area contributed by atoms with Gasteiger partial charge in [-0.05, 0) is 29.3 Å². The van der Waals surface area contributed by atoms with Gasteiger partial charge < -0.3 is 9.64 Å². The number of carbonyl (C=O) groups excluding carboxylic acids is 2. The van der Waals surface area contributed by atoms with Crippen molar-refractivity contribution in [3.63, 3.8) is 0 Å². The van der Waals surface area contributed by atoms with Crippen LogP contribution in [0.2, 0.25) is 5.02 Å². The van der Waals surface area contributed by atoms with Crippen molar-refractivity contribution in [3.8, 4) is 0 Å². The molecule has 0 N–H and O–H groups in total. The number of hydrogen-bond donors (Lipinski definition) is 0. The van der Waals surface area contributed by atoms with E-state index in [0.717, 1.165) is 0 Å². The van der Waals surface area contributed by atoms with Crippen molar-refractivity contribution in [2.75, 3.05) is 26.3 Å². The van der Waals surface area contributed by atoms with Crippen molar-refractivity contribution in [2.24, 2.45) is 0 Å². The number of nitrogens with zero attached hydrogens (tertiary/aromatic N) is 3. The summed E-state index contributed by atoms with van der Waals surface area (Å²) in [5.74, 6) is -0.856. The second-order valence-electron chi connectivity index (χ2n) is 6.91. The molecule has 0 aromatic heterocycles. The van der Waals surface area contributed by atoms with Crippen LogP contribution in [0.5, 0.6) is 0 Å². The first-order valence-electron chi connectivity index (χ1n) is 9.39. The van der Waals surface area contributed by atoms with E-state index in [-0.39, 0.29) is 17.8 Å². The van der Waals surface area contributed by atoms with Crippen molar-refractivity contribution in [2.45, 2.75) is 6.54 Å². The molecular formula is C21H18ClN3O5. The number of nitro benzene ring substituents is 1. The maximum absolute atomic E-state index is 13.3. The van der Waals surface area contributed by atoms with Crippen molar-refractivity contribution in [3.05, 3.63) is 80.5 Å². The number of benzene rings is 2. The van der Waals surface area contributed by atoms with Gasteiger partial charge in [-0.2, -0.15) is 0 Å². The van der Waals surface area contributed by atoms with E-state index >= 15 is 0 Å². The highest BCUT2D eigenvalue weighted by Gasteiger charge is 2.42. The quantitative estimate of drug-likeness (QED) is 0.414. The minimum atomic E-state index is -0.508. The van der Waals surface area contributed by atoms with Crippen LogP contribution in [0, 0.1) is 10.1 Å². The first-order chi connectivity index (χ1) is 14.5. The number of nitro groups is 1. The van der Waals surface area contributed by atoms with Gasteiger partial charge in [-0.25, -0.2) is 0 Å². The van der Waals surface area contributed by atoms with Gasteiger partial charge in [0.2, 0.25) is 0 Å². The molecule has 2 aliphatic heterocycles. The molecule has 0 spiro atoms. The van der Waals surface area contributed by atoms with E-state index in [1.165, 1.54) is 29.2 Å². The van der Waals surface area contributed by atoms with Crippen LogP contribution in [-0.4, -0.2) is 52.8 Å². The molecule has 2 aromatic rings. The van der Waals surface area contributed by atoms with Crippen molar-refractivity contribution in [1.29, 1.82) is 0 Å². The van der Waals surface area contributed by atoms with Gasteiger partial charge in [0.25, 0.3) is 17.5 Å². The topological polar surface area (TPSA) is 93.0 Å². The van der Waals surface area contributed by atoms with Gasteiger partial charge in [-0.15, -0.1) is 0 Å². The monoisotopic (exact) mass is 427 g/mol. The molecule has 0 saturated carbocycles. The van der Waals surface area contributed by atoms with Gasteiger partial charge in [-0.3, -0.25) is 24.6 Å². The molecule has 1 saturated heterocycles. The number of amides is 2. The fourth-order valence-corrected chi connectivity index (χ4v) is 3.79. The number of hydrogen-bond acceptors (Lipinski definition) is 6. The summed E-state index contributed by atoms with van der Waals surface area (Å²) >= 11 is 6.23. The van der Waals surface area contributed by atoms with E-state index in [9.17, 15) is 19.7 Å². The summed E-state index contributed by atoms with van der Waals surface area (Å²) < 4.78 is 5.38. The van der Waals surface area contributed by atoms with Crippen LogP contribution in [0.1, 0.15) is 11.1 Å². The molecule has 0 atom stereocenters. The summed E-state index contributed by atoms with van der Waals surface area (Å²) in [6, 6.07) is 12.7. The lowest BCUT2D eigenvalue weighted by molar-refractivity contribution is -0.384. The number of carbonyl (C=O) groups is 2. The third-order valence-electron chi connectivity index (χ3n) is 5.12. The Balaban J connectivity index is 1.74. The maximum atomic E-state index is 13.3. The van der Waals surface area contributed by atoms with Crippen LogP contribution in [0.3, 0.4) is 0 Å². The molecule has 154 valence electrons. The molecular weight excluding hydrogens is 410 g/mol. The lowest BCUT2D eigenvalue weighted by atomic mass is 10.0. The molecule has 2 aromatic carbocycles. The normalized spacial score (nSPS) is 17.1. The molecule has 1 fully saturated rings. The number of ether oxygens (including phenoxy) is 1. The molecule has 0 unspecified atom stereocenters. The summed E-state index contributed by atoms with van der Waals surface area (Å²) in [7, 11) is 0. The van der Waals surface area contributed by atoms with Gasteiger partial charge in [-0.1, -0.05) is 29.8 Å². The van der Waals surface area contributed by atoms with Crippen LogP contribution in [0.15, 0.2) is 54.2 Å². The Kier molecular flexibility index (Phi) is 5.52. The molecule has 4 rings (SSSR count). The van der Waals surface area contributed by atoms with Crippen LogP contribution in [0.4, 0.5) is 5.69 Å². The molecule has 2 heterocycles. The van der Waals surface area contributed by atoms with Crippen LogP contribution < -0.4 is 0 Å². The first kappa shape index (κ1) is 20.1. The largest absolute Gasteiger partial charge is 0.378 e. The zero-order valence-electron chi connectivity index (χ0n) is 15.9. The Hall–Kier alpha value is -3.23. The molecule has 8 nitrogen and oxygen atoms in total. The Bertz CT molecular complexity index is 1040. The molecule has 0 bridgehead atoms. The minimum Gasteiger partial charge on any atom is -0.378 e. The third kappa shape index (κ3) is 3.67. The summed E-state index contributed by atoms with van der Waals surface area (Å²) in [5.41, 5.74) is 1.57. The average Bonchev–Trinajstić information content (AvgIpc) is 3.00. The van der Waals surface area contributed by atoms with E-state index in [4.69, 9.17) is 16.3 Å². The fraction of sp³-hybridized carbons (Fsp3) is 0.238. The standard InChI is InChI=1S/C21H18ClN3O5/c22-17-4-2-1-3-15(17)13-24-20(26)18(14-5-7-16(8-6-14)25(28)29)19(21(24)27)23-9-11-30-12-10-23/h1-8H,9-13H2. The molecule has 30 heavy (non-hydrogen) atoms. The summed E-state index contributed by atoms with van der Waals surface area (Å²) in [6.45, 7) is 1.89. The highest BCUT2D eigenvalue weighted by atomic mass is 35.5. The minimum absolute atomic E-state index is 0.0433. The second kappa shape index (κ2) is 8.25. The molecule has 0 radical (unpaired) electrons. The lowest BCUT2D eigenvalue weighted by Gasteiger charge is -2.29. The number of morpholine rings is 1. The first-order valence-corrected chi connectivity index (χ1v) is 9.76. The van der Waals surface area contributed by atoms with Gasteiger partial charge in [0.05, 0.1) is 30.3 Å². The Morgan fingerprint density at radius 1 is 1.00 bits per heavy atom. The lowest BCUT2D eigenvalue weighted by Crippen LogP contribution is -2.40.